The normalized spacial score (nSPS) is 15.3. The maximum atomic E-state index is 13.9. The topological polar surface area (TPSA) is 109 Å². The first-order chi connectivity index (χ1) is 19.3. The number of ether oxygens (including phenoxy) is 1. The van der Waals surface area contributed by atoms with Crippen LogP contribution in [0.4, 0.5) is 23.7 Å². The van der Waals surface area contributed by atoms with E-state index in [-0.39, 0.29) is 27.7 Å². The fourth-order valence-corrected chi connectivity index (χ4v) is 5.91. The van der Waals surface area contributed by atoms with Gasteiger partial charge < -0.3 is 9.64 Å². The van der Waals surface area contributed by atoms with E-state index >= 15 is 0 Å². The number of fused-ring (bicyclic) bond motifs is 1. The molecule has 1 N–H and O–H groups in total. The van der Waals surface area contributed by atoms with Gasteiger partial charge in [0.15, 0.2) is 17.1 Å². The van der Waals surface area contributed by atoms with Crippen LogP contribution in [-0.4, -0.2) is 71.5 Å². The Labute approximate surface area is 238 Å². The van der Waals surface area contributed by atoms with E-state index in [4.69, 9.17) is 16.3 Å². The number of hydrogen-bond acceptors (Lipinski definition) is 7. The summed E-state index contributed by atoms with van der Waals surface area (Å²) >= 11 is 6.06. The van der Waals surface area contributed by atoms with E-state index in [2.05, 4.69) is 15.4 Å². The number of aromatic nitrogens is 3. The van der Waals surface area contributed by atoms with Gasteiger partial charge in [-0.15, -0.1) is 0 Å². The number of amides is 1. The van der Waals surface area contributed by atoms with E-state index in [1.54, 1.807) is 19.1 Å². The summed E-state index contributed by atoms with van der Waals surface area (Å²) in [4.78, 5) is 19.0. The van der Waals surface area contributed by atoms with Gasteiger partial charge in [-0.2, -0.15) is 22.6 Å². The highest BCUT2D eigenvalue weighted by Crippen LogP contribution is 2.35. The molecule has 0 aliphatic carbocycles. The van der Waals surface area contributed by atoms with Gasteiger partial charge in [0.05, 0.1) is 16.8 Å². The number of halogens is 4. The SMILES string of the molecule is Cc1cc(-c2cc(C(F)(F)F)n3ncc(OC(=O)Nc4cccc(S(=O)(=O)N5CCN(C)CC5)c4)c3n2)ccc1Cl. The fraction of sp³-hybridized carbons (Fsp3) is 0.269. The molecule has 0 unspecified atom stereocenters. The lowest BCUT2D eigenvalue weighted by atomic mass is 10.1. The first-order valence-corrected chi connectivity index (χ1v) is 14.1. The van der Waals surface area contributed by atoms with Gasteiger partial charge in [-0.05, 0) is 55.9 Å². The number of likely N-dealkylation sites (N-methyl/N-ethyl adjacent to an activating group) is 1. The Bertz CT molecular complexity index is 1740. The lowest BCUT2D eigenvalue weighted by Crippen LogP contribution is -2.47. The number of carbonyl (C=O) groups excluding carboxylic acids is 1. The first-order valence-electron chi connectivity index (χ1n) is 12.3. The largest absolute Gasteiger partial charge is 0.433 e. The first kappa shape index (κ1) is 28.8. The molecule has 1 saturated heterocycles. The third-order valence-electron chi connectivity index (χ3n) is 6.57. The standard InChI is InChI=1S/C26H24ClF3N6O4S/c1-16-12-17(6-7-20(16)27)21-14-23(26(28,29)30)36-24(33-21)22(15-31-36)40-25(37)32-18-4-3-5-19(13-18)41(38,39)35-10-8-34(2)9-11-35/h3-7,12-15H,8-11H2,1-2H3,(H,32,37). The zero-order chi connectivity index (χ0) is 29.5. The number of aryl methyl sites for hydroxylation is 1. The average molecular weight is 609 g/mol. The summed E-state index contributed by atoms with van der Waals surface area (Å²) in [5.74, 6) is -0.332. The van der Waals surface area contributed by atoms with Crippen molar-refractivity contribution in [3.8, 4) is 17.0 Å². The van der Waals surface area contributed by atoms with Crippen LogP contribution in [0.25, 0.3) is 16.9 Å². The van der Waals surface area contributed by atoms with E-state index in [0.717, 1.165) is 12.3 Å². The maximum Gasteiger partial charge on any atom is 0.433 e. The average Bonchev–Trinajstić information content (AvgIpc) is 3.31. The van der Waals surface area contributed by atoms with Crippen molar-refractivity contribution in [1.82, 2.24) is 23.8 Å². The maximum absolute atomic E-state index is 13.9. The molecule has 0 bridgehead atoms. The van der Waals surface area contributed by atoms with Crippen LogP contribution in [0.5, 0.6) is 5.75 Å². The lowest BCUT2D eigenvalue weighted by molar-refractivity contribution is -0.142. The van der Waals surface area contributed by atoms with E-state index in [1.807, 2.05) is 11.9 Å². The molecule has 0 saturated carbocycles. The molecule has 1 aliphatic heterocycles. The molecule has 41 heavy (non-hydrogen) atoms. The van der Waals surface area contributed by atoms with Crippen LogP contribution in [0.1, 0.15) is 11.3 Å². The monoisotopic (exact) mass is 608 g/mol. The van der Waals surface area contributed by atoms with Crippen molar-refractivity contribution in [2.75, 3.05) is 38.5 Å². The van der Waals surface area contributed by atoms with E-state index in [9.17, 15) is 26.4 Å². The van der Waals surface area contributed by atoms with Crippen LogP contribution in [0.15, 0.2) is 59.6 Å². The number of nitrogens with one attached hydrogen (secondary N) is 1. The lowest BCUT2D eigenvalue weighted by Gasteiger charge is -2.31. The van der Waals surface area contributed by atoms with Crippen LogP contribution >= 0.6 is 11.6 Å². The Balaban J connectivity index is 1.42. The Morgan fingerprint density at radius 3 is 2.49 bits per heavy atom. The number of sulfonamides is 1. The highest BCUT2D eigenvalue weighted by molar-refractivity contribution is 7.89. The fourth-order valence-electron chi connectivity index (χ4n) is 4.32. The number of benzene rings is 2. The number of hydrogen-bond donors (Lipinski definition) is 1. The zero-order valence-corrected chi connectivity index (χ0v) is 23.4. The van der Waals surface area contributed by atoms with E-state index in [1.165, 1.54) is 34.6 Å². The van der Waals surface area contributed by atoms with E-state index in [0.29, 0.717) is 46.8 Å². The zero-order valence-electron chi connectivity index (χ0n) is 21.8. The smallest absolute Gasteiger partial charge is 0.404 e. The molecular formula is C26H24ClF3N6O4S. The molecule has 2 aromatic heterocycles. The minimum absolute atomic E-state index is 0.0183. The van der Waals surface area contributed by atoms with Gasteiger partial charge in [-0.1, -0.05) is 23.7 Å². The molecule has 3 heterocycles. The molecule has 1 amide bonds. The van der Waals surface area contributed by atoms with Crippen molar-refractivity contribution < 1.29 is 31.1 Å². The highest BCUT2D eigenvalue weighted by atomic mass is 35.5. The summed E-state index contributed by atoms with van der Waals surface area (Å²) in [6, 6.07) is 11.1. The van der Waals surface area contributed by atoms with Crippen LogP contribution in [0.2, 0.25) is 5.02 Å². The molecule has 2 aromatic carbocycles. The number of piperazine rings is 1. The predicted molar refractivity (Wildman–Crippen MR) is 146 cm³/mol. The second kappa shape index (κ2) is 10.9. The summed E-state index contributed by atoms with van der Waals surface area (Å²) in [5, 5.41) is 6.59. The summed E-state index contributed by atoms with van der Waals surface area (Å²) in [5.41, 5.74) is -0.373. The van der Waals surface area contributed by atoms with Crippen molar-refractivity contribution in [2.24, 2.45) is 0 Å². The Kier molecular flexibility index (Phi) is 7.68. The van der Waals surface area contributed by atoms with Gasteiger partial charge in [-0.25, -0.2) is 22.7 Å². The summed E-state index contributed by atoms with van der Waals surface area (Å²) < 4.78 is 75.1. The number of nitrogens with zero attached hydrogens (tertiary/aromatic N) is 5. The van der Waals surface area contributed by atoms with Gasteiger partial charge in [-0.3, -0.25) is 5.32 Å². The van der Waals surface area contributed by atoms with Crippen molar-refractivity contribution in [1.29, 1.82) is 0 Å². The van der Waals surface area contributed by atoms with Crippen molar-refractivity contribution in [3.63, 3.8) is 0 Å². The molecule has 0 atom stereocenters. The number of alkyl halides is 3. The van der Waals surface area contributed by atoms with Gasteiger partial charge in [0.25, 0.3) is 0 Å². The molecular weight excluding hydrogens is 585 g/mol. The van der Waals surface area contributed by atoms with Gasteiger partial charge in [0.1, 0.15) is 0 Å². The molecule has 10 nitrogen and oxygen atoms in total. The molecule has 1 fully saturated rings. The van der Waals surface area contributed by atoms with Crippen LogP contribution in [0, 0.1) is 6.92 Å². The molecule has 216 valence electrons. The Hall–Kier alpha value is -3.72. The van der Waals surface area contributed by atoms with Crippen LogP contribution in [-0.2, 0) is 16.2 Å². The van der Waals surface area contributed by atoms with Gasteiger partial charge in [0.2, 0.25) is 10.0 Å². The molecule has 4 aromatic rings. The highest BCUT2D eigenvalue weighted by Gasteiger charge is 2.36. The minimum atomic E-state index is -4.79. The van der Waals surface area contributed by atoms with Gasteiger partial charge >= 0.3 is 12.3 Å². The second-order valence-corrected chi connectivity index (χ2v) is 11.8. The van der Waals surface area contributed by atoms with Crippen molar-refractivity contribution >= 4 is 39.1 Å². The number of rotatable bonds is 5. The number of carbonyl (C=O) groups is 1. The van der Waals surface area contributed by atoms with Crippen molar-refractivity contribution in [3.05, 3.63) is 71.0 Å². The summed E-state index contributed by atoms with van der Waals surface area (Å²) in [6.07, 6.45) is -4.92. The summed E-state index contributed by atoms with van der Waals surface area (Å²) in [6.45, 7) is 3.55. The number of anilines is 1. The van der Waals surface area contributed by atoms with E-state index < -0.39 is 28.0 Å². The van der Waals surface area contributed by atoms with Gasteiger partial charge in [0, 0.05) is 42.5 Å². The van der Waals surface area contributed by atoms with Crippen LogP contribution in [0.3, 0.4) is 0 Å². The Morgan fingerprint density at radius 1 is 1.07 bits per heavy atom. The Morgan fingerprint density at radius 2 is 1.80 bits per heavy atom. The minimum Gasteiger partial charge on any atom is -0.404 e. The summed E-state index contributed by atoms with van der Waals surface area (Å²) in [7, 11) is -1.90. The molecule has 0 spiro atoms. The molecule has 0 radical (unpaired) electrons. The third-order valence-corrected chi connectivity index (χ3v) is 8.89. The molecule has 5 rings (SSSR count). The quantitative estimate of drug-likeness (QED) is 0.342. The van der Waals surface area contributed by atoms with Crippen molar-refractivity contribution in [2.45, 2.75) is 18.0 Å². The second-order valence-electron chi connectivity index (χ2n) is 9.48. The molecule has 15 heteroatoms. The van der Waals surface area contributed by atoms with Crippen LogP contribution < -0.4 is 10.1 Å². The molecule has 1 aliphatic rings. The third kappa shape index (κ3) is 6.00. The predicted octanol–water partition coefficient (Wildman–Crippen LogP) is 4.92.